The molecule has 0 bridgehead atoms. The first-order valence-corrected chi connectivity index (χ1v) is 28.1. The Morgan fingerprint density at radius 3 is 1.00 bits per heavy atom. The Morgan fingerprint density at radius 1 is 0.353 bits per heavy atom. The maximum Gasteiger partial charge on any atom is 0.306 e. The van der Waals surface area contributed by atoms with E-state index in [1.165, 1.54) is 128 Å². The molecular formula is C63H104O5. The Bertz CT molecular complexity index is 1390. The van der Waals surface area contributed by atoms with E-state index in [0.717, 1.165) is 83.5 Å². The van der Waals surface area contributed by atoms with Gasteiger partial charge >= 0.3 is 11.9 Å². The summed E-state index contributed by atoms with van der Waals surface area (Å²) in [5, 5.41) is 9.64. The number of carbonyl (C=O) groups excluding carboxylic acids is 2. The van der Waals surface area contributed by atoms with Crippen LogP contribution >= 0.6 is 0 Å². The van der Waals surface area contributed by atoms with Crippen LogP contribution < -0.4 is 0 Å². The zero-order chi connectivity index (χ0) is 49.2. The lowest BCUT2D eigenvalue weighted by Crippen LogP contribution is -2.28. The number of allylic oxidation sites excluding steroid dienone is 20. The monoisotopic (exact) mass is 941 g/mol. The van der Waals surface area contributed by atoms with Gasteiger partial charge in [-0.3, -0.25) is 9.59 Å². The fraction of sp³-hybridized carbons (Fsp3) is 0.651. The third-order valence-corrected chi connectivity index (χ3v) is 11.7. The van der Waals surface area contributed by atoms with Crippen LogP contribution in [0, 0.1) is 0 Å². The maximum absolute atomic E-state index is 12.3. The normalized spacial score (nSPS) is 13.2. The molecule has 0 saturated carbocycles. The molecular weight excluding hydrogens is 837 g/mol. The van der Waals surface area contributed by atoms with Crippen LogP contribution in [0.1, 0.15) is 245 Å². The molecule has 0 fully saturated rings. The largest absolute Gasteiger partial charge is 0.462 e. The summed E-state index contributed by atoms with van der Waals surface area (Å²) >= 11 is 0. The number of aliphatic hydroxyl groups excluding tert-OH is 1. The molecule has 1 unspecified atom stereocenters. The highest BCUT2D eigenvalue weighted by Crippen LogP contribution is 2.15. The predicted molar refractivity (Wildman–Crippen MR) is 297 cm³/mol. The average Bonchev–Trinajstić information content (AvgIpc) is 3.34. The Morgan fingerprint density at radius 2 is 0.647 bits per heavy atom. The van der Waals surface area contributed by atoms with E-state index in [1.54, 1.807) is 0 Å². The van der Waals surface area contributed by atoms with Crippen LogP contribution in [0.5, 0.6) is 0 Å². The minimum absolute atomic E-state index is 0.0955. The van der Waals surface area contributed by atoms with E-state index >= 15 is 0 Å². The van der Waals surface area contributed by atoms with Gasteiger partial charge in [-0.05, 0) is 103 Å². The number of hydrogen-bond donors (Lipinski definition) is 1. The molecule has 68 heavy (non-hydrogen) atoms. The summed E-state index contributed by atoms with van der Waals surface area (Å²) in [5.41, 5.74) is 0. The molecule has 5 heteroatoms. The molecule has 0 saturated heterocycles. The summed E-state index contributed by atoms with van der Waals surface area (Å²) in [6.07, 6.45) is 84.6. The average molecular weight is 942 g/mol. The molecule has 0 aromatic rings. The number of rotatable bonds is 50. The minimum Gasteiger partial charge on any atom is -0.462 e. The van der Waals surface area contributed by atoms with Gasteiger partial charge in [-0.15, -0.1) is 0 Å². The number of carbonyl (C=O) groups is 2. The van der Waals surface area contributed by atoms with Crippen molar-refractivity contribution in [1.29, 1.82) is 0 Å². The van der Waals surface area contributed by atoms with E-state index in [-0.39, 0.29) is 31.6 Å². The number of hydrogen-bond acceptors (Lipinski definition) is 5. The van der Waals surface area contributed by atoms with E-state index in [2.05, 4.69) is 135 Å². The van der Waals surface area contributed by atoms with Crippen LogP contribution in [-0.4, -0.2) is 36.4 Å². The van der Waals surface area contributed by atoms with Gasteiger partial charge in [0.2, 0.25) is 0 Å². The molecule has 0 aromatic carbocycles. The van der Waals surface area contributed by atoms with Crippen molar-refractivity contribution < 1.29 is 24.2 Å². The topological polar surface area (TPSA) is 72.8 Å². The van der Waals surface area contributed by atoms with E-state index in [9.17, 15) is 14.7 Å². The van der Waals surface area contributed by atoms with Gasteiger partial charge in [0.1, 0.15) is 6.61 Å². The minimum atomic E-state index is -0.811. The van der Waals surface area contributed by atoms with E-state index < -0.39 is 6.10 Å². The van der Waals surface area contributed by atoms with E-state index in [4.69, 9.17) is 9.47 Å². The highest BCUT2D eigenvalue weighted by molar-refractivity contribution is 5.70. The van der Waals surface area contributed by atoms with Gasteiger partial charge in [-0.2, -0.15) is 0 Å². The molecule has 0 aliphatic carbocycles. The van der Waals surface area contributed by atoms with E-state index in [0.29, 0.717) is 12.8 Å². The Hall–Kier alpha value is -3.70. The first kappa shape index (κ1) is 64.3. The van der Waals surface area contributed by atoms with Crippen LogP contribution in [-0.2, 0) is 19.1 Å². The van der Waals surface area contributed by atoms with Crippen molar-refractivity contribution in [3.8, 4) is 0 Å². The van der Waals surface area contributed by atoms with Crippen molar-refractivity contribution in [3.63, 3.8) is 0 Å². The molecule has 386 valence electrons. The highest BCUT2D eigenvalue weighted by atomic mass is 16.6. The Balaban J connectivity index is 3.58. The third-order valence-electron chi connectivity index (χ3n) is 11.7. The van der Waals surface area contributed by atoms with Crippen molar-refractivity contribution in [2.75, 3.05) is 13.2 Å². The Kier molecular flexibility index (Phi) is 54.5. The summed E-state index contributed by atoms with van der Waals surface area (Å²) in [4.78, 5) is 24.5. The van der Waals surface area contributed by atoms with Crippen LogP contribution in [0.2, 0.25) is 0 Å². The van der Waals surface area contributed by atoms with Gasteiger partial charge in [0.15, 0.2) is 6.10 Å². The number of ether oxygens (including phenoxy) is 2. The quantitative estimate of drug-likeness (QED) is 0.0374. The summed E-state index contributed by atoms with van der Waals surface area (Å²) < 4.78 is 10.7. The van der Waals surface area contributed by atoms with Crippen molar-refractivity contribution in [2.24, 2.45) is 0 Å². The van der Waals surface area contributed by atoms with Gasteiger partial charge < -0.3 is 14.6 Å². The number of unbranched alkanes of at least 4 members (excludes halogenated alkanes) is 22. The fourth-order valence-corrected chi connectivity index (χ4v) is 7.55. The van der Waals surface area contributed by atoms with Crippen molar-refractivity contribution in [3.05, 3.63) is 122 Å². The second-order valence-corrected chi connectivity index (χ2v) is 18.3. The first-order chi connectivity index (χ1) is 33.6. The smallest absolute Gasteiger partial charge is 0.306 e. The van der Waals surface area contributed by atoms with Crippen LogP contribution in [0.15, 0.2) is 122 Å². The molecule has 0 aromatic heterocycles. The SMILES string of the molecule is CC/C=C\C/C=C\C/C=C\C/C=C\C/C=C\C/C=C\C/C=C\CCCC(=O)OC(CO)COC(=O)CCCCCCCCCCCCCCCCCC/C=C\C/C=C\C/C=C\CCCCCCC. The first-order valence-electron chi connectivity index (χ1n) is 28.1. The zero-order valence-corrected chi connectivity index (χ0v) is 44.1. The molecule has 5 nitrogen and oxygen atoms in total. The number of aliphatic hydroxyl groups is 1. The molecule has 0 heterocycles. The van der Waals surface area contributed by atoms with E-state index in [1.807, 2.05) is 0 Å². The highest BCUT2D eigenvalue weighted by Gasteiger charge is 2.16. The second kappa shape index (κ2) is 57.6. The van der Waals surface area contributed by atoms with Crippen LogP contribution in [0.25, 0.3) is 0 Å². The summed E-state index contributed by atoms with van der Waals surface area (Å²) in [6.45, 7) is 3.97. The van der Waals surface area contributed by atoms with Gasteiger partial charge in [-0.1, -0.05) is 251 Å². The molecule has 1 atom stereocenters. The molecule has 0 radical (unpaired) electrons. The third kappa shape index (κ3) is 54.9. The maximum atomic E-state index is 12.3. The predicted octanol–water partition coefficient (Wildman–Crippen LogP) is 19.1. The van der Waals surface area contributed by atoms with Crippen molar-refractivity contribution >= 4 is 11.9 Å². The Labute approximate surface area is 420 Å². The second-order valence-electron chi connectivity index (χ2n) is 18.3. The fourth-order valence-electron chi connectivity index (χ4n) is 7.55. The van der Waals surface area contributed by atoms with Gasteiger partial charge in [0, 0.05) is 12.8 Å². The summed E-state index contributed by atoms with van der Waals surface area (Å²) in [6, 6.07) is 0. The number of esters is 2. The lowest BCUT2D eigenvalue weighted by molar-refractivity contribution is -0.161. The molecule has 0 rings (SSSR count). The molecule has 0 spiro atoms. The van der Waals surface area contributed by atoms with Gasteiger partial charge in [-0.25, -0.2) is 0 Å². The molecule has 0 aliphatic heterocycles. The summed E-state index contributed by atoms with van der Waals surface area (Å²) in [7, 11) is 0. The lowest BCUT2D eigenvalue weighted by atomic mass is 10.0. The zero-order valence-electron chi connectivity index (χ0n) is 44.1. The standard InChI is InChI=1S/C63H104O5/c1-3-5-7-9-11-13-15-17-19-21-23-25-27-28-29-30-31-32-33-34-36-37-39-41-43-45-47-49-51-53-55-57-62(65)67-60-61(59-64)68-63(66)58-56-54-52-50-48-46-44-42-40-38-35-26-24-22-20-18-16-14-12-10-8-6-4-2/h6,8,12,14-15,17-18,20-21,23-24,26-28,38,40,44,46,50,52,61,64H,3-5,7,9-11,13,16,19,22,25,29-37,39,41-43,45,47-49,51,53-60H2,1-2H3/b8-6-,14-12-,17-15-,20-18-,23-21-,26-24-,28-27-,40-38-,46-44-,52-50-. The molecule has 0 amide bonds. The molecule has 1 N–H and O–H groups in total. The van der Waals surface area contributed by atoms with Crippen LogP contribution in [0.3, 0.4) is 0 Å². The van der Waals surface area contributed by atoms with Crippen LogP contribution in [0.4, 0.5) is 0 Å². The summed E-state index contributed by atoms with van der Waals surface area (Å²) in [5.74, 6) is -0.663. The van der Waals surface area contributed by atoms with Gasteiger partial charge in [0.05, 0.1) is 6.61 Å². The van der Waals surface area contributed by atoms with Crippen molar-refractivity contribution in [1.82, 2.24) is 0 Å². The van der Waals surface area contributed by atoms with Crippen molar-refractivity contribution in [2.45, 2.75) is 251 Å². The molecule has 0 aliphatic rings. The lowest BCUT2D eigenvalue weighted by Gasteiger charge is -2.15. The van der Waals surface area contributed by atoms with Gasteiger partial charge in [0.25, 0.3) is 0 Å².